The van der Waals surface area contributed by atoms with E-state index in [4.69, 9.17) is 16.7 Å². The number of amides is 1. The molecular formula is C16H16ClNO3S. The van der Waals surface area contributed by atoms with Gasteiger partial charge in [0.15, 0.2) is 0 Å². The van der Waals surface area contributed by atoms with Gasteiger partial charge in [0.25, 0.3) is 0 Å². The van der Waals surface area contributed by atoms with Gasteiger partial charge >= 0.3 is 5.97 Å². The first-order valence-electron chi connectivity index (χ1n) is 6.79. The first-order chi connectivity index (χ1) is 10.5. The molecular weight excluding hydrogens is 322 g/mol. The summed E-state index contributed by atoms with van der Waals surface area (Å²) in [5.74, 6) is -1.12. The van der Waals surface area contributed by atoms with Gasteiger partial charge < -0.3 is 10.4 Å². The molecule has 0 fully saturated rings. The lowest BCUT2D eigenvalue weighted by atomic mass is 10.0. The fourth-order valence-electron chi connectivity index (χ4n) is 2.19. The summed E-state index contributed by atoms with van der Waals surface area (Å²) in [5, 5.41) is 16.2. The maximum absolute atomic E-state index is 12.0. The second-order valence-electron chi connectivity index (χ2n) is 5.00. The third kappa shape index (κ3) is 5.50. The summed E-state index contributed by atoms with van der Waals surface area (Å²) < 4.78 is 0. The number of rotatable bonds is 7. The summed E-state index contributed by atoms with van der Waals surface area (Å²) in [5.41, 5.74) is 1.83. The molecule has 0 saturated carbocycles. The first-order valence-corrected chi connectivity index (χ1v) is 8.11. The Morgan fingerprint density at radius 3 is 2.73 bits per heavy atom. The Morgan fingerprint density at radius 2 is 2.09 bits per heavy atom. The lowest BCUT2D eigenvalue weighted by Gasteiger charge is -2.17. The minimum atomic E-state index is -0.942. The van der Waals surface area contributed by atoms with Crippen molar-refractivity contribution < 1.29 is 14.7 Å². The van der Waals surface area contributed by atoms with Crippen LogP contribution in [-0.2, 0) is 22.4 Å². The number of carboxylic acids is 1. The van der Waals surface area contributed by atoms with E-state index in [1.165, 1.54) is 11.3 Å². The zero-order valence-corrected chi connectivity index (χ0v) is 13.4. The summed E-state index contributed by atoms with van der Waals surface area (Å²) in [6, 6.07) is 8.64. The van der Waals surface area contributed by atoms with Gasteiger partial charge in [0.2, 0.25) is 5.91 Å². The van der Waals surface area contributed by atoms with Gasteiger partial charge in [-0.25, -0.2) is 0 Å². The summed E-state index contributed by atoms with van der Waals surface area (Å²) >= 11 is 7.46. The van der Waals surface area contributed by atoms with Crippen molar-refractivity contribution in [1.29, 1.82) is 0 Å². The van der Waals surface area contributed by atoms with Crippen LogP contribution in [0.1, 0.15) is 17.5 Å². The van der Waals surface area contributed by atoms with Crippen LogP contribution in [0.3, 0.4) is 0 Å². The Labute approximate surface area is 137 Å². The van der Waals surface area contributed by atoms with E-state index in [0.29, 0.717) is 11.4 Å². The molecule has 0 aliphatic heterocycles. The number of nitrogens with one attached hydrogen (secondary N) is 1. The number of aliphatic carboxylic acids is 1. The highest BCUT2D eigenvalue weighted by Crippen LogP contribution is 2.14. The second kappa shape index (κ2) is 7.96. The molecule has 2 aromatic rings. The Bertz CT molecular complexity index is 643. The summed E-state index contributed by atoms with van der Waals surface area (Å²) in [6.07, 6.45) is 0.569. The van der Waals surface area contributed by atoms with Gasteiger partial charge in [0, 0.05) is 11.1 Å². The lowest BCUT2D eigenvalue weighted by Crippen LogP contribution is -2.38. The molecule has 0 bridgehead atoms. The van der Waals surface area contributed by atoms with Crippen molar-refractivity contribution in [2.75, 3.05) is 0 Å². The van der Waals surface area contributed by atoms with E-state index in [1.807, 2.05) is 29.0 Å². The molecule has 2 rings (SSSR count). The van der Waals surface area contributed by atoms with E-state index < -0.39 is 12.0 Å². The van der Waals surface area contributed by atoms with Crippen molar-refractivity contribution in [3.8, 4) is 0 Å². The predicted molar refractivity (Wildman–Crippen MR) is 87.4 cm³/mol. The van der Waals surface area contributed by atoms with Gasteiger partial charge in [0.05, 0.1) is 12.8 Å². The molecule has 1 aromatic carbocycles. The lowest BCUT2D eigenvalue weighted by molar-refractivity contribution is -0.137. The molecule has 0 aliphatic rings. The number of thiophene rings is 1. The van der Waals surface area contributed by atoms with Crippen molar-refractivity contribution in [3.63, 3.8) is 0 Å². The van der Waals surface area contributed by atoms with E-state index in [-0.39, 0.29) is 18.7 Å². The maximum atomic E-state index is 12.0. The molecule has 6 heteroatoms. The average molecular weight is 338 g/mol. The Balaban J connectivity index is 1.99. The van der Waals surface area contributed by atoms with Gasteiger partial charge in [-0.15, -0.1) is 0 Å². The highest BCUT2D eigenvalue weighted by molar-refractivity contribution is 7.08. The van der Waals surface area contributed by atoms with Crippen molar-refractivity contribution >= 4 is 34.8 Å². The number of carbonyl (C=O) groups excluding carboxylic acids is 1. The number of hydrogen-bond donors (Lipinski definition) is 2. The van der Waals surface area contributed by atoms with Gasteiger partial charge in [-0.3, -0.25) is 9.59 Å². The van der Waals surface area contributed by atoms with E-state index >= 15 is 0 Å². The molecule has 0 spiro atoms. The summed E-state index contributed by atoms with van der Waals surface area (Å²) in [7, 11) is 0. The molecule has 0 unspecified atom stereocenters. The highest BCUT2D eigenvalue weighted by Gasteiger charge is 2.17. The molecule has 1 atom stereocenters. The SMILES string of the molecule is O=C(O)C[C@@H](Cc1cccc(Cl)c1)NC(=O)Cc1ccsc1. The summed E-state index contributed by atoms with van der Waals surface area (Å²) in [6.45, 7) is 0. The number of carbonyl (C=O) groups is 2. The maximum Gasteiger partial charge on any atom is 0.305 e. The normalized spacial score (nSPS) is 11.9. The standard InChI is InChI=1S/C16H16ClNO3S/c17-13-3-1-2-11(6-13)7-14(9-16(20)21)18-15(19)8-12-4-5-22-10-12/h1-6,10,14H,7-9H2,(H,18,19)(H,20,21)/t14-/m1/s1. The van der Waals surface area contributed by atoms with Crippen LogP contribution in [0.2, 0.25) is 5.02 Å². The van der Waals surface area contributed by atoms with Crippen LogP contribution in [-0.4, -0.2) is 23.0 Å². The Kier molecular flexibility index (Phi) is 5.98. The van der Waals surface area contributed by atoms with Crippen molar-refractivity contribution in [2.24, 2.45) is 0 Å². The van der Waals surface area contributed by atoms with Gasteiger partial charge in [-0.1, -0.05) is 23.7 Å². The van der Waals surface area contributed by atoms with E-state index in [0.717, 1.165) is 11.1 Å². The van der Waals surface area contributed by atoms with Gasteiger partial charge in [-0.2, -0.15) is 11.3 Å². The highest BCUT2D eigenvalue weighted by atomic mass is 35.5. The topological polar surface area (TPSA) is 66.4 Å². The molecule has 0 aliphatic carbocycles. The van der Waals surface area contributed by atoms with Crippen molar-refractivity contribution in [3.05, 3.63) is 57.2 Å². The molecule has 0 saturated heterocycles. The van der Waals surface area contributed by atoms with E-state index in [9.17, 15) is 9.59 Å². The quantitative estimate of drug-likeness (QED) is 0.815. The average Bonchev–Trinajstić information content (AvgIpc) is 2.90. The Hall–Kier alpha value is -1.85. The second-order valence-corrected chi connectivity index (χ2v) is 6.22. The summed E-state index contributed by atoms with van der Waals surface area (Å²) in [4.78, 5) is 23.0. The van der Waals surface area contributed by atoms with Crippen LogP contribution in [0.5, 0.6) is 0 Å². The zero-order chi connectivity index (χ0) is 15.9. The van der Waals surface area contributed by atoms with Gasteiger partial charge in [0.1, 0.15) is 0 Å². The van der Waals surface area contributed by atoms with Gasteiger partial charge in [-0.05, 0) is 46.5 Å². The largest absolute Gasteiger partial charge is 0.481 e. The number of carboxylic acid groups (broad SMARTS) is 1. The molecule has 116 valence electrons. The molecule has 0 radical (unpaired) electrons. The Morgan fingerprint density at radius 1 is 1.27 bits per heavy atom. The predicted octanol–water partition coefficient (Wildman–Crippen LogP) is 3.15. The molecule has 1 aromatic heterocycles. The molecule has 1 heterocycles. The number of hydrogen-bond acceptors (Lipinski definition) is 3. The minimum absolute atomic E-state index is 0.123. The molecule has 4 nitrogen and oxygen atoms in total. The molecule has 2 N–H and O–H groups in total. The fourth-order valence-corrected chi connectivity index (χ4v) is 3.07. The third-order valence-corrected chi connectivity index (χ3v) is 4.07. The smallest absolute Gasteiger partial charge is 0.305 e. The van der Waals surface area contributed by atoms with Crippen molar-refractivity contribution in [2.45, 2.75) is 25.3 Å². The first kappa shape index (κ1) is 16.5. The van der Waals surface area contributed by atoms with Crippen molar-refractivity contribution in [1.82, 2.24) is 5.32 Å². The van der Waals surface area contributed by atoms with E-state index in [1.54, 1.807) is 12.1 Å². The van der Waals surface area contributed by atoms with E-state index in [2.05, 4.69) is 5.32 Å². The zero-order valence-electron chi connectivity index (χ0n) is 11.8. The monoisotopic (exact) mass is 337 g/mol. The fraction of sp³-hybridized carbons (Fsp3) is 0.250. The van der Waals surface area contributed by atoms with Crippen LogP contribution in [0.15, 0.2) is 41.1 Å². The van der Waals surface area contributed by atoms with Crippen LogP contribution in [0.25, 0.3) is 0 Å². The third-order valence-electron chi connectivity index (χ3n) is 3.10. The van der Waals surface area contributed by atoms with Crippen LogP contribution < -0.4 is 5.32 Å². The van der Waals surface area contributed by atoms with Crippen LogP contribution in [0, 0.1) is 0 Å². The van der Waals surface area contributed by atoms with Crippen LogP contribution >= 0.6 is 22.9 Å². The molecule has 22 heavy (non-hydrogen) atoms. The number of benzene rings is 1. The van der Waals surface area contributed by atoms with Crippen LogP contribution in [0.4, 0.5) is 0 Å². The number of halogens is 1. The minimum Gasteiger partial charge on any atom is -0.481 e. The molecule has 1 amide bonds.